The summed E-state index contributed by atoms with van der Waals surface area (Å²) in [6.45, 7) is 8.71. The van der Waals surface area contributed by atoms with Crippen molar-refractivity contribution in [3.63, 3.8) is 0 Å². The number of rotatable bonds is 6. The number of allylic oxidation sites excluding steroid dienone is 8. The van der Waals surface area contributed by atoms with Crippen LogP contribution in [0.25, 0.3) is 11.3 Å². The van der Waals surface area contributed by atoms with Crippen molar-refractivity contribution in [1.82, 2.24) is 0 Å². The van der Waals surface area contributed by atoms with E-state index >= 15 is 0 Å². The number of anilines is 1. The lowest BCUT2D eigenvalue weighted by Crippen LogP contribution is -2.22. The molecule has 1 N–H and O–H groups in total. The zero-order chi connectivity index (χ0) is 25.9. The maximum atomic E-state index is 10.8. The molecule has 1 aliphatic heterocycles. The van der Waals surface area contributed by atoms with E-state index in [2.05, 4.69) is 62.7 Å². The van der Waals surface area contributed by atoms with Gasteiger partial charge in [-0.05, 0) is 83.0 Å². The van der Waals surface area contributed by atoms with Crippen LogP contribution in [0.2, 0.25) is 10.0 Å². The fourth-order valence-corrected chi connectivity index (χ4v) is 4.77. The summed E-state index contributed by atoms with van der Waals surface area (Å²) in [7, 11) is 2.10. The fraction of sp³-hybridized carbons (Fsp3) is 0.125. The molecule has 1 heterocycles. The minimum absolute atomic E-state index is 0.0889. The van der Waals surface area contributed by atoms with Gasteiger partial charge in [0, 0.05) is 39.5 Å². The predicted molar refractivity (Wildman–Crippen MR) is 156 cm³/mol. The highest BCUT2D eigenvalue weighted by Gasteiger charge is 2.37. The molecule has 2 nitrogen and oxygen atoms in total. The molecule has 1 aliphatic rings. The second kappa shape index (κ2) is 10.7. The van der Waals surface area contributed by atoms with Crippen molar-refractivity contribution in [2.75, 3.05) is 11.9 Å². The highest BCUT2D eigenvalue weighted by atomic mass is 35.5. The van der Waals surface area contributed by atoms with E-state index in [9.17, 15) is 5.11 Å². The maximum Gasteiger partial charge on any atom is 0.123 e. The van der Waals surface area contributed by atoms with Gasteiger partial charge in [0.15, 0.2) is 0 Å². The molecule has 0 aromatic heterocycles. The van der Waals surface area contributed by atoms with E-state index in [0.29, 0.717) is 15.6 Å². The second-order valence-corrected chi connectivity index (χ2v) is 10.2. The summed E-state index contributed by atoms with van der Waals surface area (Å²) in [5.41, 5.74) is 6.88. The van der Waals surface area contributed by atoms with Crippen molar-refractivity contribution in [2.45, 2.75) is 19.3 Å². The van der Waals surface area contributed by atoms with Crippen molar-refractivity contribution < 1.29 is 5.11 Å². The first-order valence-corrected chi connectivity index (χ1v) is 12.5. The normalized spacial score (nSPS) is 16.6. The molecule has 3 aromatic rings. The largest absolute Gasteiger partial charge is 0.507 e. The van der Waals surface area contributed by atoms with Crippen LogP contribution in [0.5, 0.6) is 0 Å². The van der Waals surface area contributed by atoms with Crippen LogP contribution < -0.4 is 4.90 Å². The number of likely N-dealkylation sites (N-methyl/N-ethyl adjacent to an activating group) is 1. The Balaban J connectivity index is 1.63. The van der Waals surface area contributed by atoms with E-state index in [1.807, 2.05) is 42.5 Å². The van der Waals surface area contributed by atoms with Gasteiger partial charge in [0.25, 0.3) is 0 Å². The van der Waals surface area contributed by atoms with Gasteiger partial charge < -0.3 is 10.0 Å². The van der Waals surface area contributed by atoms with Gasteiger partial charge in [0.2, 0.25) is 0 Å². The Hall–Kier alpha value is -3.46. The molecule has 0 aliphatic carbocycles. The number of halogens is 2. The summed E-state index contributed by atoms with van der Waals surface area (Å²) >= 11 is 12.1. The van der Waals surface area contributed by atoms with Crippen LogP contribution in [0.15, 0.2) is 121 Å². The summed E-state index contributed by atoms with van der Waals surface area (Å²) in [6, 6.07) is 23.1. The molecule has 0 bridgehead atoms. The minimum Gasteiger partial charge on any atom is -0.507 e. The first-order chi connectivity index (χ1) is 17.2. The van der Waals surface area contributed by atoms with Gasteiger partial charge in [0.1, 0.15) is 5.76 Å². The Morgan fingerprint density at radius 1 is 0.861 bits per heavy atom. The first kappa shape index (κ1) is 25.6. The molecule has 36 heavy (non-hydrogen) atoms. The Morgan fingerprint density at radius 2 is 1.44 bits per heavy atom. The van der Waals surface area contributed by atoms with Crippen molar-refractivity contribution in [3.05, 3.63) is 148 Å². The van der Waals surface area contributed by atoms with Gasteiger partial charge in [0.05, 0.1) is 0 Å². The van der Waals surface area contributed by atoms with Gasteiger partial charge in [-0.2, -0.15) is 0 Å². The van der Waals surface area contributed by atoms with Crippen LogP contribution in [0.1, 0.15) is 30.5 Å². The molecule has 0 amide bonds. The quantitative estimate of drug-likeness (QED) is 0.262. The highest BCUT2D eigenvalue weighted by molar-refractivity contribution is 6.30. The van der Waals surface area contributed by atoms with Gasteiger partial charge >= 0.3 is 0 Å². The Labute approximate surface area is 223 Å². The standard InChI is InChI=1S/C32H29Cl2NO/c1-22(8-7-11-31-32(2,3)28-9-5-6-10-29(28)35(31)4)20-25(23-12-16-26(33)17-13-23)21-30(36)24-14-18-27(34)19-15-24/h5-21,36H,1H2,2-4H3/b8-7+,25-20+,30-21-,31-11+. The third-order valence-electron chi connectivity index (χ3n) is 6.46. The van der Waals surface area contributed by atoms with Gasteiger partial charge in [-0.15, -0.1) is 0 Å². The molecule has 0 saturated heterocycles. The smallest absolute Gasteiger partial charge is 0.123 e. The molecule has 0 saturated carbocycles. The number of nitrogens with zero attached hydrogens (tertiary/aromatic N) is 1. The summed E-state index contributed by atoms with van der Waals surface area (Å²) in [5, 5.41) is 12.1. The molecule has 0 unspecified atom stereocenters. The lowest BCUT2D eigenvalue weighted by molar-refractivity contribution is 0.512. The number of fused-ring (bicyclic) bond motifs is 1. The molecule has 3 aromatic carbocycles. The maximum absolute atomic E-state index is 10.8. The molecular formula is C32H29Cl2NO. The second-order valence-electron chi connectivity index (χ2n) is 9.33. The Kier molecular flexibility index (Phi) is 7.59. The number of para-hydroxylation sites is 1. The monoisotopic (exact) mass is 513 g/mol. The van der Waals surface area contributed by atoms with Gasteiger partial charge in [-0.1, -0.05) is 86.1 Å². The summed E-state index contributed by atoms with van der Waals surface area (Å²) in [4.78, 5) is 2.24. The van der Waals surface area contributed by atoms with Crippen molar-refractivity contribution in [3.8, 4) is 0 Å². The number of hydrogen-bond acceptors (Lipinski definition) is 2. The molecule has 0 atom stereocenters. The lowest BCUT2D eigenvalue weighted by atomic mass is 9.84. The van der Waals surface area contributed by atoms with Crippen LogP contribution in [0.3, 0.4) is 0 Å². The topological polar surface area (TPSA) is 23.5 Å². The van der Waals surface area contributed by atoms with E-state index in [4.69, 9.17) is 23.2 Å². The van der Waals surface area contributed by atoms with Crippen molar-refractivity contribution in [1.29, 1.82) is 0 Å². The number of hydrogen-bond donors (Lipinski definition) is 1. The minimum atomic E-state index is -0.0889. The number of aliphatic hydroxyl groups excluding tert-OH is 1. The van der Waals surface area contributed by atoms with E-state index in [-0.39, 0.29) is 11.2 Å². The van der Waals surface area contributed by atoms with E-state index < -0.39 is 0 Å². The Bertz CT molecular complexity index is 1390. The average Bonchev–Trinajstić information content (AvgIpc) is 3.05. The highest BCUT2D eigenvalue weighted by Crippen LogP contribution is 2.46. The van der Waals surface area contributed by atoms with Crippen LogP contribution in [-0.2, 0) is 5.41 Å². The number of benzene rings is 3. The van der Waals surface area contributed by atoms with Crippen LogP contribution >= 0.6 is 23.2 Å². The molecule has 182 valence electrons. The third-order valence-corrected chi connectivity index (χ3v) is 6.96. The fourth-order valence-electron chi connectivity index (χ4n) is 4.51. The van der Waals surface area contributed by atoms with E-state index in [1.165, 1.54) is 16.9 Å². The van der Waals surface area contributed by atoms with E-state index in [0.717, 1.165) is 16.7 Å². The summed E-state index contributed by atoms with van der Waals surface area (Å²) in [5.74, 6) is 0.138. The summed E-state index contributed by atoms with van der Waals surface area (Å²) < 4.78 is 0. The van der Waals surface area contributed by atoms with Crippen LogP contribution in [-0.4, -0.2) is 12.2 Å². The molecule has 0 fully saturated rings. The average molecular weight is 514 g/mol. The predicted octanol–water partition coefficient (Wildman–Crippen LogP) is 9.40. The zero-order valence-corrected chi connectivity index (χ0v) is 22.2. The first-order valence-electron chi connectivity index (χ1n) is 11.7. The van der Waals surface area contributed by atoms with Crippen LogP contribution in [0, 0.1) is 0 Å². The van der Waals surface area contributed by atoms with E-state index in [1.54, 1.807) is 30.3 Å². The van der Waals surface area contributed by atoms with Crippen molar-refractivity contribution >= 4 is 40.2 Å². The zero-order valence-electron chi connectivity index (χ0n) is 20.7. The summed E-state index contributed by atoms with van der Waals surface area (Å²) in [6.07, 6.45) is 9.82. The molecular weight excluding hydrogens is 485 g/mol. The third kappa shape index (κ3) is 5.51. The van der Waals surface area contributed by atoms with Gasteiger partial charge in [-0.3, -0.25) is 0 Å². The van der Waals surface area contributed by atoms with Crippen LogP contribution in [0.4, 0.5) is 5.69 Å². The molecule has 0 spiro atoms. The number of aliphatic hydroxyl groups is 1. The molecule has 4 heteroatoms. The Morgan fingerprint density at radius 3 is 2.06 bits per heavy atom. The lowest BCUT2D eigenvalue weighted by Gasteiger charge is -2.23. The van der Waals surface area contributed by atoms with Crippen molar-refractivity contribution in [2.24, 2.45) is 0 Å². The SMILES string of the molecule is C=C(/C=C/C=C1/N(C)c2ccccc2C1(C)C)/C=C(\C=C(/O)c1ccc(Cl)cc1)c1ccc(Cl)cc1. The van der Waals surface area contributed by atoms with Gasteiger partial charge in [-0.25, -0.2) is 0 Å². The molecule has 0 radical (unpaired) electrons. The molecule has 4 rings (SSSR count).